The van der Waals surface area contributed by atoms with Crippen LogP contribution in [0.15, 0.2) is 12.4 Å². The fourth-order valence-corrected chi connectivity index (χ4v) is 2.15. The van der Waals surface area contributed by atoms with Gasteiger partial charge in [0.15, 0.2) is 0 Å². The Morgan fingerprint density at radius 2 is 2.44 bits per heavy atom. The number of nitrogens with zero attached hydrogens (tertiary/aromatic N) is 2. The van der Waals surface area contributed by atoms with Crippen molar-refractivity contribution >= 4 is 17.4 Å². The summed E-state index contributed by atoms with van der Waals surface area (Å²) in [5.74, 6) is 1.55. The van der Waals surface area contributed by atoms with Crippen molar-refractivity contribution in [2.24, 2.45) is 5.92 Å². The minimum absolute atomic E-state index is 0.435. The summed E-state index contributed by atoms with van der Waals surface area (Å²) >= 11 is 5.75. The van der Waals surface area contributed by atoms with Crippen LogP contribution in [0, 0.1) is 5.92 Å². The van der Waals surface area contributed by atoms with Crippen LogP contribution in [0.3, 0.4) is 0 Å². The zero-order chi connectivity index (χ0) is 11.2. The zero-order valence-electron chi connectivity index (χ0n) is 9.25. The standard InChI is InChI=1S/C11H17ClN4/c12-10-7-14-8-11(16-10)15-5-3-9-2-1-4-13-6-9/h7-9,13H,1-6H2,(H,15,16). The van der Waals surface area contributed by atoms with E-state index in [-0.39, 0.29) is 0 Å². The molecule has 16 heavy (non-hydrogen) atoms. The minimum atomic E-state index is 0.435. The molecule has 0 amide bonds. The largest absolute Gasteiger partial charge is 0.369 e. The second-order valence-corrected chi connectivity index (χ2v) is 4.54. The molecule has 2 N–H and O–H groups in total. The fourth-order valence-electron chi connectivity index (χ4n) is 2.00. The SMILES string of the molecule is Clc1cncc(NCCC2CCCNC2)n1. The van der Waals surface area contributed by atoms with E-state index in [1.54, 1.807) is 6.20 Å². The Labute approximate surface area is 101 Å². The van der Waals surface area contributed by atoms with E-state index in [1.165, 1.54) is 32.0 Å². The second-order valence-electron chi connectivity index (χ2n) is 4.15. The predicted molar refractivity (Wildman–Crippen MR) is 65.7 cm³/mol. The summed E-state index contributed by atoms with van der Waals surface area (Å²) in [5.41, 5.74) is 0. The summed E-state index contributed by atoms with van der Waals surface area (Å²) in [6.45, 7) is 3.24. The maximum Gasteiger partial charge on any atom is 0.149 e. The van der Waals surface area contributed by atoms with Gasteiger partial charge in [-0.05, 0) is 38.3 Å². The van der Waals surface area contributed by atoms with E-state index in [9.17, 15) is 0 Å². The molecule has 5 heteroatoms. The Balaban J connectivity index is 1.71. The van der Waals surface area contributed by atoms with Crippen LogP contribution in [0.1, 0.15) is 19.3 Å². The van der Waals surface area contributed by atoms with Gasteiger partial charge >= 0.3 is 0 Å². The van der Waals surface area contributed by atoms with E-state index in [2.05, 4.69) is 20.6 Å². The van der Waals surface area contributed by atoms with Crippen molar-refractivity contribution in [1.82, 2.24) is 15.3 Å². The number of rotatable bonds is 4. The number of nitrogens with one attached hydrogen (secondary N) is 2. The van der Waals surface area contributed by atoms with Gasteiger partial charge in [-0.2, -0.15) is 0 Å². The van der Waals surface area contributed by atoms with Gasteiger partial charge in [0.1, 0.15) is 11.0 Å². The maximum atomic E-state index is 5.75. The minimum Gasteiger partial charge on any atom is -0.369 e. The van der Waals surface area contributed by atoms with E-state index >= 15 is 0 Å². The van der Waals surface area contributed by atoms with Gasteiger partial charge in [-0.1, -0.05) is 11.6 Å². The van der Waals surface area contributed by atoms with Crippen LogP contribution in [0.5, 0.6) is 0 Å². The molecule has 4 nitrogen and oxygen atoms in total. The van der Waals surface area contributed by atoms with Crippen molar-refractivity contribution in [3.8, 4) is 0 Å². The van der Waals surface area contributed by atoms with Crippen LogP contribution in [0.4, 0.5) is 5.82 Å². The van der Waals surface area contributed by atoms with Crippen LogP contribution in [0.2, 0.25) is 5.15 Å². The summed E-state index contributed by atoms with van der Waals surface area (Å²) in [4.78, 5) is 8.11. The number of halogens is 1. The van der Waals surface area contributed by atoms with Crippen molar-refractivity contribution < 1.29 is 0 Å². The smallest absolute Gasteiger partial charge is 0.149 e. The Morgan fingerprint density at radius 1 is 1.50 bits per heavy atom. The Morgan fingerprint density at radius 3 is 3.19 bits per heavy atom. The first kappa shape index (κ1) is 11.6. The highest BCUT2D eigenvalue weighted by Gasteiger charge is 2.12. The van der Waals surface area contributed by atoms with Crippen molar-refractivity contribution in [2.75, 3.05) is 25.0 Å². The van der Waals surface area contributed by atoms with Crippen molar-refractivity contribution in [3.05, 3.63) is 17.5 Å². The van der Waals surface area contributed by atoms with Crippen LogP contribution in [-0.2, 0) is 0 Å². The van der Waals surface area contributed by atoms with Crippen LogP contribution in [-0.4, -0.2) is 29.6 Å². The first-order valence-electron chi connectivity index (χ1n) is 5.77. The molecule has 1 unspecified atom stereocenters. The lowest BCUT2D eigenvalue weighted by atomic mass is 9.96. The third kappa shape index (κ3) is 3.61. The maximum absolute atomic E-state index is 5.75. The number of hydrogen-bond acceptors (Lipinski definition) is 4. The molecule has 1 saturated heterocycles. The molecule has 0 aromatic carbocycles. The summed E-state index contributed by atoms with van der Waals surface area (Å²) in [6.07, 6.45) is 7.03. The average Bonchev–Trinajstić information content (AvgIpc) is 2.30. The first-order chi connectivity index (χ1) is 7.84. The quantitative estimate of drug-likeness (QED) is 0.845. The van der Waals surface area contributed by atoms with Gasteiger partial charge < -0.3 is 10.6 Å². The van der Waals surface area contributed by atoms with E-state index in [1.807, 2.05) is 0 Å². The molecule has 1 fully saturated rings. The molecule has 0 spiro atoms. The molecular weight excluding hydrogens is 224 g/mol. The number of hydrogen-bond donors (Lipinski definition) is 2. The van der Waals surface area contributed by atoms with Gasteiger partial charge in [-0.3, -0.25) is 4.98 Å². The van der Waals surface area contributed by atoms with Crippen LogP contribution >= 0.6 is 11.6 Å². The monoisotopic (exact) mass is 240 g/mol. The molecule has 1 aliphatic heterocycles. The fraction of sp³-hybridized carbons (Fsp3) is 0.636. The van der Waals surface area contributed by atoms with E-state index in [0.717, 1.165) is 24.8 Å². The molecule has 0 aliphatic carbocycles. The third-order valence-corrected chi connectivity index (χ3v) is 3.04. The van der Waals surface area contributed by atoms with Crippen molar-refractivity contribution in [2.45, 2.75) is 19.3 Å². The van der Waals surface area contributed by atoms with Gasteiger partial charge in [-0.25, -0.2) is 4.98 Å². The highest BCUT2D eigenvalue weighted by molar-refractivity contribution is 6.29. The lowest BCUT2D eigenvalue weighted by molar-refractivity contribution is 0.364. The Bertz CT molecular complexity index is 326. The molecule has 1 atom stereocenters. The predicted octanol–water partition coefficient (Wildman–Crippen LogP) is 1.93. The van der Waals surface area contributed by atoms with Gasteiger partial charge in [0.25, 0.3) is 0 Å². The van der Waals surface area contributed by atoms with E-state index in [4.69, 9.17) is 11.6 Å². The highest BCUT2D eigenvalue weighted by Crippen LogP contribution is 2.14. The molecule has 1 aromatic rings. The number of piperidine rings is 1. The summed E-state index contributed by atoms with van der Waals surface area (Å²) in [6, 6.07) is 0. The number of aromatic nitrogens is 2. The molecule has 0 bridgehead atoms. The van der Waals surface area contributed by atoms with Gasteiger partial charge in [-0.15, -0.1) is 0 Å². The molecule has 88 valence electrons. The summed E-state index contributed by atoms with van der Waals surface area (Å²) < 4.78 is 0. The van der Waals surface area contributed by atoms with Gasteiger partial charge in [0.2, 0.25) is 0 Å². The first-order valence-corrected chi connectivity index (χ1v) is 6.14. The van der Waals surface area contributed by atoms with Gasteiger partial charge in [0, 0.05) is 6.54 Å². The second kappa shape index (κ2) is 6.01. The summed E-state index contributed by atoms with van der Waals surface area (Å²) in [7, 11) is 0. The Kier molecular flexibility index (Phi) is 4.36. The van der Waals surface area contributed by atoms with Crippen LogP contribution in [0.25, 0.3) is 0 Å². The van der Waals surface area contributed by atoms with Crippen molar-refractivity contribution in [3.63, 3.8) is 0 Å². The molecular formula is C11H17ClN4. The highest BCUT2D eigenvalue weighted by atomic mass is 35.5. The Hall–Kier alpha value is -0.870. The average molecular weight is 241 g/mol. The molecule has 0 radical (unpaired) electrons. The van der Waals surface area contributed by atoms with Gasteiger partial charge in [0.05, 0.1) is 12.4 Å². The molecule has 2 rings (SSSR count). The van der Waals surface area contributed by atoms with E-state index in [0.29, 0.717) is 5.15 Å². The number of anilines is 1. The van der Waals surface area contributed by atoms with Crippen molar-refractivity contribution in [1.29, 1.82) is 0 Å². The third-order valence-electron chi connectivity index (χ3n) is 2.86. The molecule has 0 saturated carbocycles. The van der Waals surface area contributed by atoms with E-state index < -0.39 is 0 Å². The zero-order valence-corrected chi connectivity index (χ0v) is 10.0. The molecule has 1 aliphatic rings. The molecule has 2 heterocycles. The normalized spacial score (nSPS) is 20.7. The lowest BCUT2D eigenvalue weighted by Gasteiger charge is -2.22. The molecule has 1 aromatic heterocycles. The lowest BCUT2D eigenvalue weighted by Crippen LogP contribution is -2.30. The summed E-state index contributed by atoms with van der Waals surface area (Å²) in [5, 5.41) is 7.10. The topological polar surface area (TPSA) is 49.8 Å². The van der Waals surface area contributed by atoms with Crippen LogP contribution < -0.4 is 10.6 Å².